The van der Waals surface area contributed by atoms with Gasteiger partial charge in [0.15, 0.2) is 5.60 Å². The van der Waals surface area contributed by atoms with Crippen molar-refractivity contribution in [3.05, 3.63) is 75.7 Å². The maximum Gasteiger partial charge on any atom is 0.416 e. The number of hydrogen-bond donors (Lipinski definition) is 1. The van der Waals surface area contributed by atoms with Gasteiger partial charge in [0.25, 0.3) is 0 Å². The van der Waals surface area contributed by atoms with Crippen LogP contribution in [-0.2, 0) is 11.0 Å². The predicted molar refractivity (Wildman–Crippen MR) is 133 cm³/mol. The molecule has 3 nitrogen and oxygen atoms in total. The summed E-state index contributed by atoms with van der Waals surface area (Å²) in [5.41, 5.74) is 0.884. The number of carboxylic acid groups (broad SMARTS) is 1. The van der Waals surface area contributed by atoms with Gasteiger partial charge in [0.1, 0.15) is 5.75 Å². The van der Waals surface area contributed by atoms with Crippen LogP contribution in [0.3, 0.4) is 0 Å². The quantitative estimate of drug-likeness (QED) is 0.382. The van der Waals surface area contributed by atoms with Crippen LogP contribution in [0.2, 0.25) is 0 Å². The van der Waals surface area contributed by atoms with Crippen LogP contribution in [0.25, 0.3) is 4.91 Å². The summed E-state index contributed by atoms with van der Waals surface area (Å²) in [6.45, 7) is 9.09. The Morgan fingerprint density at radius 1 is 1.12 bits per heavy atom. The van der Waals surface area contributed by atoms with Gasteiger partial charge in [-0.2, -0.15) is 13.2 Å². The number of rotatable bonds is 7. The number of ether oxygens (including phenoxy) is 1. The van der Waals surface area contributed by atoms with Gasteiger partial charge in [-0.3, -0.25) is 0 Å². The van der Waals surface area contributed by atoms with E-state index in [1.807, 2.05) is 19.1 Å². The fraction of sp³-hybridized carbons (Fsp3) is 0.346. The smallest absolute Gasteiger partial charge is 0.416 e. The molecule has 0 radical (unpaired) electrons. The maximum atomic E-state index is 12.9. The molecule has 0 saturated carbocycles. The topological polar surface area (TPSA) is 46.5 Å². The van der Waals surface area contributed by atoms with Gasteiger partial charge in [-0.25, -0.2) is 4.79 Å². The Bertz CT molecular complexity index is 1130. The van der Waals surface area contributed by atoms with Crippen LogP contribution in [0.1, 0.15) is 50.8 Å². The lowest BCUT2D eigenvalue weighted by molar-refractivity contribution is -0.152. The Kier molecular flexibility index (Phi) is 7.82. The summed E-state index contributed by atoms with van der Waals surface area (Å²) in [5, 5.41) is 9.43. The van der Waals surface area contributed by atoms with Crippen LogP contribution >= 0.6 is 23.5 Å². The molecule has 34 heavy (non-hydrogen) atoms. The zero-order valence-electron chi connectivity index (χ0n) is 19.6. The minimum absolute atomic E-state index is 0.129. The minimum atomic E-state index is -4.35. The van der Waals surface area contributed by atoms with Crippen molar-refractivity contribution >= 4 is 34.4 Å². The fourth-order valence-electron chi connectivity index (χ4n) is 3.41. The van der Waals surface area contributed by atoms with Crippen molar-refractivity contribution < 1.29 is 27.8 Å². The summed E-state index contributed by atoms with van der Waals surface area (Å²) in [6, 6.07) is 11.0. The molecule has 2 aromatic carbocycles. The highest BCUT2D eigenvalue weighted by atomic mass is 32.2. The largest absolute Gasteiger partial charge is 0.478 e. The van der Waals surface area contributed by atoms with Crippen molar-refractivity contribution in [2.75, 3.05) is 0 Å². The average Bonchev–Trinajstić information content (AvgIpc) is 2.75. The van der Waals surface area contributed by atoms with E-state index in [2.05, 4.69) is 19.9 Å². The van der Waals surface area contributed by atoms with Gasteiger partial charge in [-0.1, -0.05) is 35.5 Å². The van der Waals surface area contributed by atoms with Gasteiger partial charge in [-0.05, 0) is 82.5 Å². The molecule has 1 atom stereocenters. The number of thioether (sulfide) groups is 2. The average molecular weight is 509 g/mol. The first-order chi connectivity index (χ1) is 15.8. The van der Waals surface area contributed by atoms with Crippen LogP contribution in [-0.4, -0.2) is 21.9 Å². The van der Waals surface area contributed by atoms with Crippen LogP contribution in [0.4, 0.5) is 13.2 Å². The molecule has 182 valence electrons. The molecule has 8 heteroatoms. The van der Waals surface area contributed by atoms with E-state index in [1.165, 1.54) is 36.5 Å². The first-order valence-corrected chi connectivity index (χ1v) is 12.4. The molecule has 0 bridgehead atoms. The zero-order valence-corrected chi connectivity index (χ0v) is 21.3. The van der Waals surface area contributed by atoms with Crippen molar-refractivity contribution in [1.29, 1.82) is 0 Å². The monoisotopic (exact) mass is 508 g/mol. The summed E-state index contributed by atoms with van der Waals surface area (Å²) in [4.78, 5) is 14.5. The number of alkyl halides is 3. The minimum Gasteiger partial charge on any atom is -0.478 e. The Morgan fingerprint density at radius 2 is 1.76 bits per heavy atom. The zero-order chi connectivity index (χ0) is 25.3. The molecule has 0 amide bonds. The van der Waals surface area contributed by atoms with Gasteiger partial charge in [0.05, 0.1) is 5.56 Å². The van der Waals surface area contributed by atoms with Crippen molar-refractivity contribution in [1.82, 2.24) is 0 Å². The molecule has 1 heterocycles. The van der Waals surface area contributed by atoms with E-state index in [0.717, 1.165) is 39.5 Å². The lowest BCUT2D eigenvalue weighted by atomic mass is 10.1. The third-order valence-corrected chi connectivity index (χ3v) is 8.25. The normalized spacial score (nSPS) is 15.7. The van der Waals surface area contributed by atoms with E-state index in [-0.39, 0.29) is 5.25 Å². The fourth-order valence-corrected chi connectivity index (χ4v) is 5.89. The third kappa shape index (κ3) is 6.21. The molecular weight excluding hydrogens is 481 g/mol. The lowest BCUT2D eigenvalue weighted by Gasteiger charge is -2.25. The second kappa shape index (κ2) is 10.1. The molecule has 1 aliphatic rings. The van der Waals surface area contributed by atoms with Crippen molar-refractivity contribution in [2.45, 2.75) is 63.0 Å². The van der Waals surface area contributed by atoms with Gasteiger partial charge in [0, 0.05) is 20.0 Å². The van der Waals surface area contributed by atoms with Crippen LogP contribution in [0.5, 0.6) is 5.75 Å². The van der Waals surface area contributed by atoms with Crippen molar-refractivity contribution in [3.63, 3.8) is 0 Å². The molecule has 3 rings (SSSR count). The second-order valence-electron chi connectivity index (χ2n) is 8.70. The van der Waals surface area contributed by atoms with E-state index in [4.69, 9.17) is 4.74 Å². The van der Waals surface area contributed by atoms with E-state index >= 15 is 0 Å². The summed E-state index contributed by atoms with van der Waals surface area (Å²) < 4.78 is 44.4. The number of aliphatic carboxylic acids is 1. The maximum absolute atomic E-state index is 12.9. The number of carboxylic acids is 1. The molecule has 0 saturated heterocycles. The molecule has 0 aromatic heterocycles. The van der Waals surface area contributed by atoms with Crippen molar-refractivity contribution in [3.8, 4) is 5.75 Å². The van der Waals surface area contributed by atoms with Gasteiger partial charge < -0.3 is 9.84 Å². The highest BCUT2D eigenvalue weighted by Crippen LogP contribution is 2.46. The summed E-state index contributed by atoms with van der Waals surface area (Å²) in [7, 11) is 0. The molecule has 0 spiro atoms. The third-order valence-electron chi connectivity index (χ3n) is 5.44. The Balaban J connectivity index is 1.71. The SMILES string of the molecule is CC1=C(C(C)Sc2ccc(OC(C)(C)C(=O)O)c(C)c2)SC(c2ccc(C(F)(F)F)cc2)=CC1. The number of aryl methyl sites for hydroxylation is 1. The number of halogens is 3. The molecule has 0 aliphatic carbocycles. The molecular formula is C26H27F3O3S2. The Hall–Kier alpha value is -2.32. The first-order valence-electron chi connectivity index (χ1n) is 10.7. The standard InChI is InChI=1S/C26H27F3O3S2/c1-15-6-13-22(18-7-9-19(10-8-18)26(27,28)29)34-23(15)17(3)33-20-11-12-21(16(2)14-20)32-25(4,5)24(30)31/h7-14,17H,6H2,1-5H3,(H,30,31). The van der Waals surface area contributed by atoms with Crippen molar-refractivity contribution in [2.24, 2.45) is 0 Å². The predicted octanol–water partition coefficient (Wildman–Crippen LogP) is 8.19. The molecule has 0 fully saturated rings. The van der Waals surface area contributed by atoms with E-state index in [1.54, 1.807) is 29.6 Å². The first kappa shape index (κ1) is 26.3. The van der Waals surface area contributed by atoms with Gasteiger partial charge in [0.2, 0.25) is 0 Å². The van der Waals surface area contributed by atoms with E-state index in [0.29, 0.717) is 5.75 Å². The highest BCUT2D eigenvalue weighted by Gasteiger charge is 2.31. The summed E-state index contributed by atoms with van der Waals surface area (Å²) >= 11 is 3.28. The molecule has 1 unspecified atom stereocenters. The summed E-state index contributed by atoms with van der Waals surface area (Å²) in [6.07, 6.45) is -1.54. The number of hydrogen-bond acceptors (Lipinski definition) is 4. The molecule has 1 N–H and O–H groups in total. The van der Waals surface area contributed by atoms with E-state index in [9.17, 15) is 23.1 Å². The molecule has 1 aliphatic heterocycles. The number of carbonyl (C=O) groups is 1. The highest BCUT2D eigenvalue weighted by molar-refractivity contribution is 8.13. The Morgan fingerprint density at radius 3 is 2.32 bits per heavy atom. The second-order valence-corrected chi connectivity index (χ2v) is 11.2. The van der Waals surface area contributed by atoms with Crippen LogP contribution in [0.15, 0.2) is 63.9 Å². The van der Waals surface area contributed by atoms with Gasteiger partial charge >= 0.3 is 12.1 Å². The Labute approximate surface area is 206 Å². The lowest BCUT2D eigenvalue weighted by Crippen LogP contribution is -2.38. The number of benzene rings is 2. The van der Waals surface area contributed by atoms with Crippen LogP contribution in [0, 0.1) is 6.92 Å². The van der Waals surface area contributed by atoms with Gasteiger partial charge in [-0.15, -0.1) is 11.8 Å². The summed E-state index contributed by atoms with van der Waals surface area (Å²) in [5.74, 6) is -0.507. The van der Waals surface area contributed by atoms with Crippen LogP contribution < -0.4 is 4.74 Å². The number of allylic oxidation sites excluding steroid dienone is 2. The van der Waals surface area contributed by atoms with E-state index < -0.39 is 23.3 Å². The molecule has 2 aromatic rings.